The van der Waals surface area contributed by atoms with Gasteiger partial charge in [0.15, 0.2) is 5.82 Å². The molecular weight excluding hydrogens is 327 g/mol. The van der Waals surface area contributed by atoms with E-state index in [1.165, 1.54) is 19.2 Å². The van der Waals surface area contributed by atoms with E-state index in [9.17, 15) is 22.7 Å². The Morgan fingerprint density at radius 3 is 2.65 bits per heavy atom. The van der Waals surface area contributed by atoms with E-state index in [2.05, 4.69) is 5.32 Å². The standard InChI is InChI=1S/C13H15FN4O4S/c1-7(15)9(5-16-2)8-3-4-10(19)13(12(8)14)18-6-11(20)17-23(18,21)22/h3-5,15-16,19H,6H2,1-2H3,(H,17,20)/b9-5+,15-7?. The van der Waals surface area contributed by atoms with Crippen LogP contribution in [0.3, 0.4) is 0 Å². The number of phenolic OH excluding ortho intramolecular Hbond substituents is 1. The maximum atomic E-state index is 14.8. The van der Waals surface area contributed by atoms with E-state index in [0.717, 1.165) is 6.07 Å². The highest BCUT2D eigenvalue weighted by Gasteiger charge is 2.38. The smallest absolute Gasteiger partial charge is 0.326 e. The Hall–Kier alpha value is -2.62. The van der Waals surface area contributed by atoms with Crippen molar-refractivity contribution < 1.29 is 22.7 Å². The van der Waals surface area contributed by atoms with E-state index in [1.54, 1.807) is 11.8 Å². The van der Waals surface area contributed by atoms with E-state index < -0.39 is 39.9 Å². The van der Waals surface area contributed by atoms with E-state index in [0.29, 0.717) is 4.31 Å². The summed E-state index contributed by atoms with van der Waals surface area (Å²) in [4.78, 5) is 11.3. The number of phenols is 1. The van der Waals surface area contributed by atoms with Crippen molar-refractivity contribution in [3.63, 3.8) is 0 Å². The summed E-state index contributed by atoms with van der Waals surface area (Å²) in [6, 6.07) is 2.34. The Labute approximate surface area is 132 Å². The van der Waals surface area contributed by atoms with Crippen molar-refractivity contribution in [2.24, 2.45) is 0 Å². The molecule has 124 valence electrons. The lowest BCUT2D eigenvalue weighted by Gasteiger charge is -2.19. The molecule has 10 heteroatoms. The van der Waals surface area contributed by atoms with Crippen LogP contribution < -0.4 is 14.3 Å². The third kappa shape index (κ3) is 2.97. The summed E-state index contributed by atoms with van der Waals surface area (Å²) in [6.07, 6.45) is 1.38. The highest BCUT2D eigenvalue weighted by atomic mass is 32.2. The lowest BCUT2D eigenvalue weighted by atomic mass is 10.0. The molecule has 8 nitrogen and oxygen atoms in total. The van der Waals surface area contributed by atoms with Crippen molar-refractivity contribution in [2.45, 2.75) is 6.92 Å². The first-order valence-electron chi connectivity index (χ1n) is 6.47. The minimum absolute atomic E-state index is 0.0355. The summed E-state index contributed by atoms with van der Waals surface area (Å²) in [6.45, 7) is 0.803. The van der Waals surface area contributed by atoms with Gasteiger partial charge in [0.05, 0.1) is 0 Å². The molecule has 1 aliphatic rings. The van der Waals surface area contributed by atoms with Gasteiger partial charge in [0.2, 0.25) is 0 Å². The van der Waals surface area contributed by atoms with Crippen molar-refractivity contribution in [2.75, 3.05) is 17.9 Å². The number of carbonyl (C=O) groups excluding carboxylic acids is 1. The largest absolute Gasteiger partial charge is 0.506 e. The third-order valence-electron chi connectivity index (χ3n) is 3.15. The fraction of sp³-hybridized carbons (Fsp3) is 0.231. The summed E-state index contributed by atoms with van der Waals surface area (Å²) in [5.41, 5.74) is -0.492. The highest BCUT2D eigenvalue weighted by Crippen LogP contribution is 2.37. The van der Waals surface area contributed by atoms with Crippen LogP contribution in [0.2, 0.25) is 0 Å². The van der Waals surface area contributed by atoms with Crippen LogP contribution >= 0.6 is 0 Å². The fourth-order valence-corrected chi connectivity index (χ4v) is 3.34. The summed E-state index contributed by atoms with van der Waals surface area (Å²) in [7, 11) is -2.70. The number of hydrogen-bond acceptors (Lipinski definition) is 6. The molecule has 1 saturated heterocycles. The molecule has 0 radical (unpaired) electrons. The van der Waals surface area contributed by atoms with E-state index in [4.69, 9.17) is 5.41 Å². The van der Waals surface area contributed by atoms with Crippen LogP contribution in [0.5, 0.6) is 5.75 Å². The van der Waals surface area contributed by atoms with Crippen LogP contribution in [0.15, 0.2) is 18.3 Å². The SMILES string of the molecule is CN/C=C(\C(C)=N)c1ccc(O)c(N2CC(=O)NS2(=O)=O)c1F. The predicted molar refractivity (Wildman–Crippen MR) is 82.9 cm³/mol. The van der Waals surface area contributed by atoms with Crippen molar-refractivity contribution in [1.29, 1.82) is 5.41 Å². The molecule has 1 amide bonds. The average molecular weight is 342 g/mol. The minimum Gasteiger partial charge on any atom is -0.506 e. The number of rotatable bonds is 4. The number of nitrogens with one attached hydrogen (secondary N) is 3. The van der Waals surface area contributed by atoms with Crippen LogP contribution in [-0.2, 0) is 15.0 Å². The molecule has 2 rings (SSSR count). The van der Waals surface area contributed by atoms with Crippen LogP contribution in [-0.4, -0.2) is 38.7 Å². The zero-order chi connectivity index (χ0) is 17.4. The van der Waals surface area contributed by atoms with Crippen molar-refractivity contribution >= 4 is 33.1 Å². The third-order valence-corrected chi connectivity index (χ3v) is 4.52. The Balaban J connectivity index is 2.68. The predicted octanol–water partition coefficient (Wildman–Crippen LogP) is 0.312. The number of carbonyl (C=O) groups is 1. The quantitative estimate of drug-likeness (QED) is 0.587. The van der Waals surface area contributed by atoms with Gasteiger partial charge in [-0.05, 0) is 19.1 Å². The number of aromatic hydroxyl groups is 1. The van der Waals surface area contributed by atoms with Crippen LogP contribution in [0.4, 0.5) is 10.1 Å². The number of hydrogen-bond donors (Lipinski definition) is 4. The normalized spacial score (nSPS) is 17.1. The number of halogens is 1. The summed E-state index contributed by atoms with van der Waals surface area (Å²) in [5, 5.41) is 20.2. The second-order valence-electron chi connectivity index (χ2n) is 4.80. The molecule has 0 unspecified atom stereocenters. The Bertz CT molecular complexity index is 820. The zero-order valence-electron chi connectivity index (χ0n) is 12.3. The Morgan fingerprint density at radius 1 is 1.52 bits per heavy atom. The van der Waals surface area contributed by atoms with E-state index >= 15 is 0 Å². The topological polar surface area (TPSA) is 123 Å². The van der Waals surface area contributed by atoms with Gasteiger partial charge < -0.3 is 15.8 Å². The minimum atomic E-state index is -4.26. The van der Waals surface area contributed by atoms with Crippen molar-refractivity contribution in [1.82, 2.24) is 10.0 Å². The molecule has 1 aromatic carbocycles. The van der Waals surface area contributed by atoms with Crippen LogP contribution in [0, 0.1) is 11.2 Å². The molecule has 1 aliphatic heterocycles. The first-order chi connectivity index (χ1) is 10.7. The molecular formula is C13H15FN4O4S. The maximum Gasteiger partial charge on any atom is 0.326 e. The summed E-state index contributed by atoms with van der Waals surface area (Å²) < 4.78 is 40.7. The average Bonchev–Trinajstić information content (AvgIpc) is 2.70. The molecule has 1 aromatic rings. The van der Waals surface area contributed by atoms with E-state index in [-0.39, 0.29) is 16.8 Å². The van der Waals surface area contributed by atoms with Gasteiger partial charge in [0, 0.05) is 30.1 Å². The summed E-state index contributed by atoms with van der Waals surface area (Å²) >= 11 is 0. The zero-order valence-corrected chi connectivity index (χ0v) is 13.2. The highest BCUT2D eigenvalue weighted by molar-refractivity contribution is 7.92. The van der Waals surface area contributed by atoms with Gasteiger partial charge >= 0.3 is 10.2 Å². The van der Waals surface area contributed by atoms with Gasteiger partial charge in [-0.3, -0.25) is 4.79 Å². The second kappa shape index (κ2) is 5.88. The van der Waals surface area contributed by atoms with Gasteiger partial charge in [-0.25, -0.2) is 13.4 Å². The number of amides is 1. The van der Waals surface area contributed by atoms with Crippen LogP contribution in [0.25, 0.3) is 5.57 Å². The molecule has 0 bridgehead atoms. The molecule has 0 aliphatic carbocycles. The maximum absolute atomic E-state index is 14.8. The fourth-order valence-electron chi connectivity index (χ4n) is 2.18. The molecule has 0 atom stereocenters. The first kappa shape index (κ1) is 16.7. The summed E-state index contributed by atoms with van der Waals surface area (Å²) in [5.74, 6) is -2.50. The molecule has 4 N–H and O–H groups in total. The van der Waals surface area contributed by atoms with Gasteiger partial charge in [-0.15, -0.1) is 0 Å². The number of allylic oxidation sites excluding steroid dienone is 1. The number of benzene rings is 1. The Kier molecular flexibility index (Phi) is 4.28. The Morgan fingerprint density at radius 2 is 2.17 bits per heavy atom. The number of nitrogens with zero attached hydrogens (tertiary/aromatic N) is 1. The van der Waals surface area contributed by atoms with Crippen LogP contribution in [0.1, 0.15) is 12.5 Å². The monoisotopic (exact) mass is 342 g/mol. The molecule has 1 fully saturated rings. The molecule has 0 saturated carbocycles. The molecule has 0 aromatic heterocycles. The van der Waals surface area contributed by atoms with Gasteiger partial charge in [0.1, 0.15) is 18.0 Å². The van der Waals surface area contributed by atoms with Crippen molar-refractivity contribution in [3.05, 3.63) is 29.7 Å². The molecule has 1 heterocycles. The van der Waals surface area contributed by atoms with Gasteiger partial charge in [-0.2, -0.15) is 8.42 Å². The molecule has 23 heavy (non-hydrogen) atoms. The lowest BCUT2D eigenvalue weighted by molar-refractivity contribution is -0.117. The second-order valence-corrected chi connectivity index (χ2v) is 6.40. The number of anilines is 1. The first-order valence-corrected chi connectivity index (χ1v) is 7.91. The molecule has 0 spiro atoms. The lowest BCUT2D eigenvalue weighted by Crippen LogP contribution is -2.30. The van der Waals surface area contributed by atoms with Gasteiger partial charge in [0.25, 0.3) is 5.91 Å². The van der Waals surface area contributed by atoms with E-state index in [1.807, 2.05) is 0 Å². The van der Waals surface area contributed by atoms with Gasteiger partial charge in [-0.1, -0.05) is 0 Å². The van der Waals surface area contributed by atoms with Crippen molar-refractivity contribution in [3.8, 4) is 5.75 Å².